The van der Waals surface area contributed by atoms with E-state index in [-0.39, 0.29) is 25.2 Å². The van der Waals surface area contributed by atoms with Crippen molar-refractivity contribution in [1.82, 2.24) is 10.2 Å². The molecule has 3 amide bonds. The molecule has 0 aliphatic carbocycles. The standard InChI is InChI=1S/C12H18N2O5/c1-12(2,6-10(17)18)5-8(15)13-7-4-9(16)14(3)11(7)19/h7H,4-6H2,1-3H3,(H,13,15)(H,17,18). The summed E-state index contributed by atoms with van der Waals surface area (Å²) in [4.78, 5) is 46.3. The first kappa shape index (κ1) is 15.1. The van der Waals surface area contributed by atoms with Gasteiger partial charge in [0.2, 0.25) is 11.8 Å². The van der Waals surface area contributed by atoms with E-state index in [1.54, 1.807) is 13.8 Å². The lowest BCUT2D eigenvalue weighted by Crippen LogP contribution is -2.42. The molecule has 1 unspecified atom stereocenters. The topological polar surface area (TPSA) is 104 Å². The van der Waals surface area contributed by atoms with Crippen LogP contribution < -0.4 is 5.32 Å². The van der Waals surface area contributed by atoms with E-state index < -0.39 is 29.2 Å². The summed E-state index contributed by atoms with van der Waals surface area (Å²) in [6.07, 6.45) is -0.195. The Morgan fingerprint density at radius 2 is 1.95 bits per heavy atom. The van der Waals surface area contributed by atoms with E-state index >= 15 is 0 Å². The Balaban J connectivity index is 2.55. The number of amides is 3. The first-order valence-corrected chi connectivity index (χ1v) is 5.94. The second kappa shape index (κ2) is 5.38. The number of hydrogen-bond acceptors (Lipinski definition) is 4. The summed E-state index contributed by atoms with van der Waals surface area (Å²) in [6, 6.07) is -0.828. The van der Waals surface area contributed by atoms with Crippen molar-refractivity contribution in [2.45, 2.75) is 39.2 Å². The maximum atomic E-state index is 11.8. The van der Waals surface area contributed by atoms with Crippen molar-refractivity contribution >= 4 is 23.7 Å². The maximum Gasteiger partial charge on any atom is 0.303 e. The fraction of sp³-hybridized carbons (Fsp3) is 0.667. The van der Waals surface area contributed by atoms with Gasteiger partial charge in [-0.25, -0.2) is 0 Å². The van der Waals surface area contributed by atoms with Crippen LogP contribution in [0.3, 0.4) is 0 Å². The fourth-order valence-electron chi connectivity index (χ4n) is 2.02. The molecule has 1 atom stereocenters. The molecule has 1 rings (SSSR count). The molecule has 0 saturated carbocycles. The van der Waals surface area contributed by atoms with Crippen LogP contribution in [0.4, 0.5) is 0 Å². The minimum atomic E-state index is -0.982. The number of nitrogens with zero attached hydrogens (tertiary/aromatic N) is 1. The highest BCUT2D eigenvalue weighted by molar-refractivity contribution is 6.06. The number of aliphatic carboxylic acids is 1. The lowest BCUT2D eigenvalue weighted by molar-refractivity contribution is -0.141. The van der Waals surface area contributed by atoms with Crippen molar-refractivity contribution in [3.8, 4) is 0 Å². The van der Waals surface area contributed by atoms with Crippen LogP contribution in [0.1, 0.15) is 33.1 Å². The van der Waals surface area contributed by atoms with Crippen LogP contribution in [-0.4, -0.2) is 46.8 Å². The number of carboxylic acid groups (broad SMARTS) is 1. The summed E-state index contributed by atoms with van der Waals surface area (Å²) in [5, 5.41) is 11.2. The molecular weight excluding hydrogens is 252 g/mol. The van der Waals surface area contributed by atoms with Crippen LogP contribution in [0.2, 0.25) is 0 Å². The summed E-state index contributed by atoms with van der Waals surface area (Å²) in [7, 11) is 1.37. The van der Waals surface area contributed by atoms with E-state index in [1.807, 2.05) is 0 Å². The number of rotatable bonds is 5. The molecule has 0 aromatic rings. The quantitative estimate of drug-likeness (QED) is 0.670. The van der Waals surface area contributed by atoms with Crippen molar-refractivity contribution in [3.05, 3.63) is 0 Å². The summed E-state index contributed by atoms with van der Waals surface area (Å²) in [6.45, 7) is 3.32. The van der Waals surface area contributed by atoms with Crippen LogP contribution >= 0.6 is 0 Å². The van der Waals surface area contributed by atoms with Gasteiger partial charge >= 0.3 is 5.97 Å². The Bertz CT molecular complexity index is 430. The van der Waals surface area contributed by atoms with Gasteiger partial charge in [0.1, 0.15) is 6.04 Å². The highest BCUT2D eigenvalue weighted by atomic mass is 16.4. The van der Waals surface area contributed by atoms with Crippen LogP contribution in [0.5, 0.6) is 0 Å². The van der Waals surface area contributed by atoms with Gasteiger partial charge in [-0.15, -0.1) is 0 Å². The number of carboxylic acids is 1. The third-order valence-electron chi connectivity index (χ3n) is 2.99. The van der Waals surface area contributed by atoms with E-state index in [9.17, 15) is 19.2 Å². The van der Waals surface area contributed by atoms with Gasteiger partial charge in [-0.2, -0.15) is 0 Å². The molecule has 0 aromatic carbocycles. The van der Waals surface area contributed by atoms with Crippen LogP contribution in [0.25, 0.3) is 0 Å². The van der Waals surface area contributed by atoms with Gasteiger partial charge in [0.25, 0.3) is 5.91 Å². The number of likely N-dealkylation sites (N-methyl/N-ethyl adjacent to an activating group) is 1. The Morgan fingerprint density at radius 3 is 2.37 bits per heavy atom. The summed E-state index contributed by atoms with van der Waals surface area (Å²) >= 11 is 0. The normalized spacial score (nSPS) is 19.7. The average molecular weight is 270 g/mol. The Kier molecular flexibility index (Phi) is 4.28. The van der Waals surface area contributed by atoms with Gasteiger partial charge in [-0.05, 0) is 5.41 Å². The summed E-state index contributed by atoms with van der Waals surface area (Å²) in [5.41, 5.74) is -0.701. The molecule has 0 spiro atoms. The van der Waals surface area contributed by atoms with Gasteiger partial charge in [0.15, 0.2) is 0 Å². The van der Waals surface area contributed by atoms with E-state index in [2.05, 4.69) is 5.32 Å². The zero-order chi connectivity index (χ0) is 14.8. The van der Waals surface area contributed by atoms with E-state index in [0.717, 1.165) is 4.90 Å². The number of likely N-dealkylation sites (tertiary alicyclic amines) is 1. The van der Waals surface area contributed by atoms with Gasteiger partial charge in [0.05, 0.1) is 12.8 Å². The van der Waals surface area contributed by atoms with Crippen molar-refractivity contribution in [2.24, 2.45) is 5.41 Å². The Labute approximate surface area is 110 Å². The molecule has 2 N–H and O–H groups in total. The third-order valence-corrected chi connectivity index (χ3v) is 2.99. The average Bonchev–Trinajstić information content (AvgIpc) is 2.43. The minimum Gasteiger partial charge on any atom is -0.481 e. The lowest BCUT2D eigenvalue weighted by atomic mass is 9.85. The number of nitrogens with one attached hydrogen (secondary N) is 1. The lowest BCUT2D eigenvalue weighted by Gasteiger charge is -2.22. The maximum absolute atomic E-state index is 11.8. The van der Waals surface area contributed by atoms with Crippen LogP contribution in [0, 0.1) is 5.41 Å². The number of hydrogen-bond donors (Lipinski definition) is 2. The SMILES string of the molecule is CN1C(=O)CC(NC(=O)CC(C)(C)CC(=O)O)C1=O. The molecule has 7 heteroatoms. The van der Waals surface area contributed by atoms with Gasteiger partial charge in [0, 0.05) is 13.5 Å². The van der Waals surface area contributed by atoms with Crippen molar-refractivity contribution in [3.63, 3.8) is 0 Å². The summed E-state index contributed by atoms with van der Waals surface area (Å²) < 4.78 is 0. The van der Waals surface area contributed by atoms with E-state index in [0.29, 0.717) is 0 Å². The van der Waals surface area contributed by atoms with E-state index in [1.165, 1.54) is 7.05 Å². The third kappa shape index (κ3) is 4.04. The highest BCUT2D eigenvalue weighted by Crippen LogP contribution is 2.25. The van der Waals surface area contributed by atoms with Crippen LogP contribution in [-0.2, 0) is 19.2 Å². The number of imide groups is 1. The van der Waals surface area contributed by atoms with Crippen LogP contribution in [0.15, 0.2) is 0 Å². The second-order valence-corrected chi connectivity index (χ2v) is 5.53. The molecule has 106 valence electrons. The molecule has 1 heterocycles. The van der Waals surface area contributed by atoms with Gasteiger partial charge in [-0.3, -0.25) is 24.1 Å². The molecule has 0 radical (unpaired) electrons. The first-order chi connectivity index (χ1) is 8.62. The number of carbonyl (C=O) groups is 4. The molecule has 1 aliphatic heterocycles. The predicted molar refractivity (Wildman–Crippen MR) is 65.0 cm³/mol. The molecule has 0 bridgehead atoms. The summed E-state index contributed by atoms with van der Waals surface area (Å²) in [5.74, 6) is -2.17. The number of carbonyl (C=O) groups excluding carboxylic acids is 3. The molecule has 19 heavy (non-hydrogen) atoms. The largest absolute Gasteiger partial charge is 0.481 e. The Morgan fingerprint density at radius 1 is 1.37 bits per heavy atom. The zero-order valence-electron chi connectivity index (χ0n) is 11.2. The highest BCUT2D eigenvalue weighted by Gasteiger charge is 2.37. The smallest absolute Gasteiger partial charge is 0.303 e. The van der Waals surface area contributed by atoms with Gasteiger partial charge in [-0.1, -0.05) is 13.8 Å². The monoisotopic (exact) mass is 270 g/mol. The Hall–Kier alpha value is -1.92. The zero-order valence-corrected chi connectivity index (χ0v) is 11.2. The molecular formula is C12H18N2O5. The minimum absolute atomic E-state index is 0.0129. The molecule has 1 saturated heterocycles. The van der Waals surface area contributed by atoms with E-state index in [4.69, 9.17) is 5.11 Å². The predicted octanol–water partition coefficient (Wildman–Crippen LogP) is -0.249. The first-order valence-electron chi connectivity index (χ1n) is 5.94. The molecule has 1 aliphatic rings. The van der Waals surface area contributed by atoms with Crippen molar-refractivity contribution in [1.29, 1.82) is 0 Å². The van der Waals surface area contributed by atoms with Crippen molar-refractivity contribution < 1.29 is 24.3 Å². The fourth-order valence-corrected chi connectivity index (χ4v) is 2.02. The molecule has 7 nitrogen and oxygen atoms in total. The molecule has 0 aromatic heterocycles. The second-order valence-electron chi connectivity index (χ2n) is 5.53. The van der Waals surface area contributed by atoms with Gasteiger partial charge < -0.3 is 10.4 Å². The van der Waals surface area contributed by atoms with Crippen molar-refractivity contribution in [2.75, 3.05) is 7.05 Å². The molecule has 1 fully saturated rings.